The van der Waals surface area contributed by atoms with Gasteiger partial charge in [-0.3, -0.25) is 0 Å². The first-order valence-electron chi connectivity index (χ1n) is 7.95. The first kappa shape index (κ1) is 18.1. The zero-order chi connectivity index (χ0) is 15.8. The molecule has 0 saturated carbocycles. The lowest BCUT2D eigenvalue weighted by Crippen LogP contribution is -2.32. The van der Waals surface area contributed by atoms with Crippen LogP contribution in [0.1, 0.15) is 51.6 Å². The van der Waals surface area contributed by atoms with Crippen molar-refractivity contribution in [1.29, 1.82) is 0 Å². The van der Waals surface area contributed by atoms with Crippen molar-refractivity contribution in [2.24, 2.45) is 11.7 Å². The fourth-order valence-corrected chi connectivity index (χ4v) is 2.57. The van der Waals surface area contributed by atoms with Gasteiger partial charge in [0.25, 0.3) is 0 Å². The lowest BCUT2D eigenvalue weighted by atomic mass is 10.0. The van der Waals surface area contributed by atoms with Gasteiger partial charge >= 0.3 is 0 Å². The minimum Gasteiger partial charge on any atom is -0.324 e. The van der Waals surface area contributed by atoms with E-state index in [1.165, 1.54) is 6.07 Å². The van der Waals surface area contributed by atoms with Gasteiger partial charge in [0.15, 0.2) is 11.6 Å². The van der Waals surface area contributed by atoms with Gasteiger partial charge in [0.05, 0.1) is 0 Å². The SMILES string of the molecule is CCC(CC)CN(CC)CCC(N)c1cccc(F)c1F. The number of halogens is 2. The average Bonchev–Trinajstić information content (AvgIpc) is 2.50. The van der Waals surface area contributed by atoms with Crippen LogP contribution < -0.4 is 5.73 Å². The Morgan fingerprint density at radius 2 is 1.81 bits per heavy atom. The fraction of sp³-hybridized carbons (Fsp3) is 0.647. The van der Waals surface area contributed by atoms with Crippen molar-refractivity contribution in [2.45, 2.75) is 46.1 Å². The summed E-state index contributed by atoms with van der Waals surface area (Å²) in [6.45, 7) is 9.34. The summed E-state index contributed by atoms with van der Waals surface area (Å²) in [5, 5.41) is 0. The summed E-state index contributed by atoms with van der Waals surface area (Å²) < 4.78 is 26.9. The summed E-state index contributed by atoms with van der Waals surface area (Å²) in [4.78, 5) is 2.34. The summed E-state index contributed by atoms with van der Waals surface area (Å²) >= 11 is 0. The van der Waals surface area contributed by atoms with Crippen LogP contribution in [0.2, 0.25) is 0 Å². The van der Waals surface area contributed by atoms with E-state index in [1.54, 1.807) is 6.07 Å². The average molecular weight is 298 g/mol. The molecular weight excluding hydrogens is 270 g/mol. The van der Waals surface area contributed by atoms with Gasteiger partial charge in [0, 0.05) is 18.2 Å². The normalized spacial score (nSPS) is 13.1. The molecule has 1 rings (SSSR count). The third-order valence-electron chi connectivity index (χ3n) is 4.26. The van der Waals surface area contributed by atoms with Crippen LogP contribution in [0.5, 0.6) is 0 Å². The van der Waals surface area contributed by atoms with Crippen molar-refractivity contribution < 1.29 is 8.78 Å². The van der Waals surface area contributed by atoms with Gasteiger partial charge in [0.2, 0.25) is 0 Å². The van der Waals surface area contributed by atoms with E-state index in [-0.39, 0.29) is 5.56 Å². The molecule has 0 saturated heterocycles. The molecule has 0 spiro atoms. The van der Waals surface area contributed by atoms with Crippen LogP contribution in [0.15, 0.2) is 18.2 Å². The number of benzene rings is 1. The van der Waals surface area contributed by atoms with Crippen molar-refractivity contribution in [3.63, 3.8) is 0 Å². The van der Waals surface area contributed by atoms with Crippen LogP contribution in [-0.2, 0) is 0 Å². The third-order valence-corrected chi connectivity index (χ3v) is 4.26. The second-order valence-electron chi connectivity index (χ2n) is 5.61. The van der Waals surface area contributed by atoms with Gasteiger partial charge in [-0.15, -0.1) is 0 Å². The third kappa shape index (κ3) is 5.36. The van der Waals surface area contributed by atoms with E-state index in [1.807, 2.05) is 0 Å². The number of nitrogens with zero attached hydrogens (tertiary/aromatic N) is 1. The molecule has 0 aromatic heterocycles. The highest BCUT2D eigenvalue weighted by Gasteiger charge is 2.16. The molecule has 0 radical (unpaired) electrons. The Balaban J connectivity index is 2.57. The Labute approximate surface area is 127 Å². The van der Waals surface area contributed by atoms with Crippen LogP contribution in [-0.4, -0.2) is 24.5 Å². The van der Waals surface area contributed by atoms with E-state index in [9.17, 15) is 8.78 Å². The number of hydrogen-bond donors (Lipinski definition) is 1. The lowest BCUT2D eigenvalue weighted by Gasteiger charge is -2.26. The molecule has 0 aliphatic carbocycles. The molecule has 21 heavy (non-hydrogen) atoms. The van der Waals surface area contributed by atoms with Gasteiger partial charge in [-0.25, -0.2) is 8.78 Å². The van der Waals surface area contributed by atoms with Gasteiger partial charge in [-0.1, -0.05) is 45.7 Å². The second kappa shape index (κ2) is 9.11. The number of nitrogens with two attached hydrogens (primary N) is 1. The molecule has 1 atom stereocenters. The van der Waals surface area contributed by atoms with Crippen molar-refractivity contribution >= 4 is 0 Å². The number of hydrogen-bond acceptors (Lipinski definition) is 2. The quantitative estimate of drug-likeness (QED) is 0.743. The molecule has 2 nitrogen and oxygen atoms in total. The van der Waals surface area contributed by atoms with Crippen molar-refractivity contribution in [2.75, 3.05) is 19.6 Å². The van der Waals surface area contributed by atoms with Crippen LogP contribution in [0, 0.1) is 17.6 Å². The summed E-state index contributed by atoms with van der Waals surface area (Å²) in [6, 6.07) is 3.74. The monoisotopic (exact) mass is 298 g/mol. The molecule has 4 heteroatoms. The van der Waals surface area contributed by atoms with Gasteiger partial charge in [-0.05, 0) is 31.5 Å². The molecule has 1 unspecified atom stereocenters. The lowest BCUT2D eigenvalue weighted by molar-refractivity contribution is 0.226. The minimum atomic E-state index is -0.827. The molecule has 1 aromatic carbocycles. The highest BCUT2D eigenvalue weighted by Crippen LogP contribution is 2.20. The Morgan fingerprint density at radius 3 is 2.38 bits per heavy atom. The van der Waals surface area contributed by atoms with Crippen LogP contribution in [0.3, 0.4) is 0 Å². The molecule has 120 valence electrons. The largest absolute Gasteiger partial charge is 0.324 e. The molecule has 0 amide bonds. The van der Waals surface area contributed by atoms with Gasteiger partial charge < -0.3 is 10.6 Å². The maximum atomic E-state index is 13.7. The summed E-state index contributed by atoms with van der Waals surface area (Å²) in [6.07, 6.45) is 2.96. The zero-order valence-corrected chi connectivity index (χ0v) is 13.4. The van der Waals surface area contributed by atoms with E-state index in [2.05, 4.69) is 25.7 Å². The fourth-order valence-electron chi connectivity index (χ4n) is 2.57. The molecule has 0 fully saturated rings. The topological polar surface area (TPSA) is 29.3 Å². The van der Waals surface area contributed by atoms with E-state index < -0.39 is 17.7 Å². The van der Waals surface area contributed by atoms with Crippen molar-refractivity contribution in [1.82, 2.24) is 4.90 Å². The standard InChI is InChI=1S/C17H28F2N2/c1-4-13(5-2)12-21(6-3)11-10-16(20)14-8-7-9-15(18)17(14)19/h7-9,13,16H,4-6,10-12,20H2,1-3H3. The van der Waals surface area contributed by atoms with Crippen molar-refractivity contribution in [3.8, 4) is 0 Å². The van der Waals surface area contributed by atoms with E-state index >= 15 is 0 Å². The summed E-state index contributed by atoms with van der Waals surface area (Å²) in [7, 11) is 0. The Kier molecular flexibility index (Phi) is 7.83. The summed E-state index contributed by atoms with van der Waals surface area (Å²) in [5.41, 5.74) is 6.30. The maximum Gasteiger partial charge on any atom is 0.163 e. The smallest absolute Gasteiger partial charge is 0.163 e. The minimum absolute atomic E-state index is 0.272. The van der Waals surface area contributed by atoms with Crippen LogP contribution >= 0.6 is 0 Å². The predicted molar refractivity (Wildman–Crippen MR) is 84.1 cm³/mol. The first-order chi connectivity index (χ1) is 10.0. The zero-order valence-electron chi connectivity index (χ0n) is 13.4. The summed E-state index contributed by atoms with van der Waals surface area (Å²) in [5.74, 6) is -0.951. The molecule has 2 N–H and O–H groups in total. The maximum absolute atomic E-state index is 13.7. The molecule has 1 aromatic rings. The highest BCUT2D eigenvalue weighted by molar-refractivity contribution is 5.22. The number of rotatable bonds is 9. The highest BCUT2D eigenvalue weighted by atomic mass is 19.2. The molecule has 0 aliphatic heterocycles. The van der Waals surface area contributed by atoms with Crippen LogP contribution in [0.4, 0.5) is 8.78 Å². The molecule has 0 bridgehead atoms. The predicted octanol–water partition coefficient (Wildman–Crippen LogP) is 4.11. The second-order valence-corrected chi connectivity index (χ2v) is 5.61. The van der Waals surface area contributed by atoms with E-state index in [4.69, 9.17) is 5.73 Å². The molecule has 0 heterocycles. The Hall–Kier alpha value is -1.00. The van der Waals surface area contributed by atoms with Crippen LogP contribution in [0.25, 0.3) is 0 Å². The van der Waals surface area contributed by atoms with E-state index in [0.717, 1.165) is 38.5 Å². The Morgan fingerprint density at radius 1 is 1.14 bits per heavy atom. The first-order valence-corrected chi connectivity index (χ1v) is 7.95. The van der Waals surface area contributed by atoms with Gasteiger partial charge in [-0.2, -0.15) is 0 Å². The Bertz CT molecular complexity index is 419. The van der Waals surface area contributed by atoms with Gasteiger partial charge in [0.1, 0.15) is 0 Å². The molecule has 0 aliphatic rings. The van der Waals surface area contributed by atoms with Crippen molar-refractivity contribution in [3.05, 3.63) is 35.4 Å². The molecular formula is C17H28F2N2. The van der Waals surface area contributed by atoms with E-state index in [0.29, 0.717) is 12.3 Å².